The van der Waals surface area contributed by atoms with Gasteiger partial charge in [0.2, 0.25) is 15.9 Å². The Morgan fingerprint density at radius 3 is 2.52 bits per heavy atom. The fourth-order valence-electron chi connectivity index (χ4n) is 3.58. The molecule has 0 radical (unpaired) electrons. The Morgan fingerprint density at radius 1 is 1.07 bits per heavy atom. The largest absolute Gasteiger partial charge is 0.352 e. The SMILES string of the molecule is NS(=O)(=O)c1cc(C(=O)c2ccc3c(c2)CC2=C3CCNC2=O)ccc1Cl. The van der Waals surface area contributed by atoms with Gasteiger partial charge in [0.05, 0.1) is 5.02 Å². The molecular formula is C19H15ClN2O4S. The molecule has 0 atom stereocenters. The predicted octanol–water partition coefficient (Wildman–Crippen LogP) is 2.05. The number of ketones is 1. The second-order valence-corrected chi connectivity index (χ2v) is 8.47. The van der Waals surface area contributed by atoms with E-state index >= 15 is 0 Å². The van der Waals surface area contributed by atoms with Gasteiger partial charge in [-0.1, -0.05) is 23.7 Å². The van der Waals surface area contributed by atoms with Crippen LogP contribution in [-0.2, 0) is 21.2 Å². The Morgan fingerprint density at radius 2 is 1.78 bits per heavy atom. The lowest BCUT2D eigenvalue weighted by Gasteiger charge is -2.15. The summed E-state index contributed by atoms with van der Waals surface area (Å²) in [5.74, 6) is -0.399. The molecule has 4 rings (SSSR count). The number of benzene rings is 2. The lowest BCUT2D eigenvalue weighted by molar-refractivity contribution is -0.117. The number of carbonyl (C=O) groups excluding carboxylic acids is 2. The minimum Gasteiger partial charge on any atom is -0.352 e. The van der Waals surface area contributed by atoms with Gasteiger partial charge in [0.1, 0.15) is 4.90 Å². The Kier molecular flexibility index (Phi) is 4.18. The van der Waals surface area contributed by atoms with Crippen LogP contribution in [0, 0.1) is 0 Å². The summed E-state index contributed by atoms with van der Waals surface area (Å²) < 4.78 is 23.3. The number of primary sulfonamides is 1. The number of amides is 1. The van der Waals surface area contributed by atoms with E-state index in [4.69, 9.17) is 16.7 Å². The molecule has 0 saturated heterocycles. The molecule has 2 aliphatic rings. The maximum absolute atomic E-state index is 12.8. The van der Waals surface area contributed by atoms with E-state index in [9.17, 15) is 18.0 Å². The van der Waals surface area contributed by atoms with E-state index in [0.717, 1.165) is 28.7 Å². The number of hydrogen-bond donors (Lipinski definition) is 2. The molecule has 1 aliphatic carbocycles. The molecule has 0 saturated carbocycles. The Bertz CT molecular complexity index is 1150. The summed E-state index contributed by atoms with van der Waals surface area (Å²) in [6.07, 6.45) is 1.26. The molecule has 0 unspecified atom stereocenters. The van der Waals surface area contributed by atoms with Gasteiger partial charge < -0.3 is 5.32 Å². The number of nitrogens with one attached hydrogen (secondary N) is 1. The number of rotatable bonds is 3. The average molecular weight is 403 g/mol. The van der Waals surface area contributed by atoms with Crippen molar-refractivity contribution in [2.24, 2.45) is 5.14 Å². The summed E-state index contributed by atoms with van der Waals surface area (Å²) >= 11 is 5.88. The highest BCUT2D eigenvalue weighted by Gasteiger charge is 2.29. The van der Waals surface area contributed by atoms with Crippen LogP contribution in [0.2, 0.25) is 5.02 Å². The first-order valence-electron chi connectivity index (χ1n) is 8.26. The van der Waals surface area contributed by atoms with Crippen molar-refractivity contribution in [1.29, 1.82) is 0 Å². The normalized spacial score (nSPS) is 16.0. The van der Waals surface area contributed by atoms with E-state index in [0.29, 0.717) is 18.5 Å². The van der Waals surface area contributed by atoms with Gasteiger partial charge >= 0.3 is 0 Å². The molecule has 1 aliphatic heterocycles. The van der Waals surface area contributed by atoms with E-state index in [1.54, 1.807) is 12.1 Å². The van der Waals surface area contributed by atoms with Crippen molar-refractivity contribution < 1.29 is 18.0 Å². The topological polar surface area (TPSA) is 106 Å². The van der Waals surface area contributed by atoms with Crippen molar-refractivity contribution in [2.45, 2.75) is 17.7 Å². The zero-order chi connectivity index (χ0) is 19.3. The van der Waals surface area contributed by atoms with Crippen LogP contribution in [0.3, 0.4) is 0 Å². The Hall–Kier alpha value is -2.48. The van der Waals surface area contributed by atoms with Crippen molar-refractivity contribution in [1.82, 2.24) is 5.32 Å². The third-order valence-electron chi connectivity index (χ3n) is 4.86. The standard InChI is InChI=1S/C19H15ClN2O4S/c20-16-4-2-11(9-17(16)27(21,25)26)18(23)10-1-3-13-12(7-10)8-15-14(13)5-6-22-19(15)24/h1-4,7,9H,5-6,8H2,(H,22,24)(H2,21,25,26). The summed E-state index contributed by atoms with van der Waals surface area (Å²) in [5, 5.41) is 7.95. The van der Waals surface area contributed by atoms with E-state index in [2.05, 4.69) is 5.32 Å². The molecule has 3 N–H and O–H groups in total. The molecule has 6 nitrogen and oxygen atoms in total. The molecule has 0 aromatic heterocycles. The van der Waals surface area contributed by atoms with Crippen molar-refractivity contribution in [2.75, 3.05) is 6.54 Å². The fraction of sp³-hybridized carbons (Fsp3) is 0.158. The molecule has 1 amide bonds. The summed E-state index contributed by atoms with van der Waals surface area (Å²) in [4.78, 5) is 24.6. The van der Waals surface area contributed by atoms with Gasteiger partial charge in [0.15, 0.2) is 5.78 Å². The quantitative estimate of drug-likeness (QED) is 0.766. The van der Waals surface area contributed by atoms with Crippen LogP contribution >= 0.6 is 11.6 Å². The van der Waals surface area contributed by atoms with Crippen LogP contribution in [0.5, 0.6) is 0 Å². The maximum Gasteiger partial charge on any atom is 0.247 e. The van der Waals surface area contributed by atoms with E-state index in [1.165, 1.54) is 18.2 Å². The molecular weight excluding hydrogens is 388 g/mol. The van der Waals surface area contributed by atoms with E-state index < -0.39 is 10.0 Å². The summed E-state index contributed by atoms with van der Waals surface area (Å²) in [5.41, 5.74) is 4.30. The number of halogens is 1. The molecule has 0 fully saturated rings. The van der Waals surface area contributed by atoms with E-state index in [-0.39, 0.29) is 27.2 Å². The monoisotopic (exact) mass is 402 g/mol. The van der Waals surface area contributed by atoms with Crippen molar-refractivity contribution in [3.8, 4) is 0 Å². The second-order valence-electron chi connectivity index (χ2n) is 6.53. The van der Waals surface area contributed by atoms with Crippen LogP contribution in [0.25, 0.3) is 5.57 Å². The number of sulfonamides is 1. The molecule has 2 aromatic rings. The van der Waals surface area contributed by atoms with Gasteiger partial charge in [-0.3, -0.25) is 9.59 Å². The number of nitrogens with two attached hydrogens (primary N) is 1. The number of carbonyl (C=O) groups is 2. The average Bonchev–Trinajstić information content (AvgIpc) is 3.00. The summed E-state index contributed by atoms with van der Waals surface area (Å²) in [6.45, 7) is 0.610. The Balaban J connectivity index is 1.71. The van der Waals surface area contributed by atoms with Gasteiger partial charge in [0, 0.05) is 29.7 Å². The highest BCUT2D eigenvalue weighted by Crippen LogP contribution is 2.37. The highest BCUT2D eigenvalue weighted by atomic mass is 35.5. The van der Waals surface area contributed by atoms with Crippen LogP contribution < -0.4 is 10.5 Å². The molecule has 8 heteroatoms. The predicted molar refractivity (Wildman–Crippen MR) is 101 cm³/mol. The fourth-order valence-corrected chi connectivity index (χ4v) is 4.65. The number of fused-ring (bicyclic) bond motifs is 2. The first-order chi connectivity index (χ1) is 12.8. The third kappa shape index (κ3) is 3.07. The van der Waals surface area contributed by atoms with E-state index in [1.807, 2.05) is 6.07 Å². The lowest BCUT2D eigenvalue weighted by atomic mass is 9.96. The first-order valence-corrected chi connectivity index (χ1v) is 10.2. The molecule has 0 spiro atoms. The van der Waals surface area contributed by atoms with Crippen molar-refractivity contribution in [3.63, 3.8) is 0 Å². The third-order valence-corrected chi connectivity index (χ3v) is 6.25. The van der Waals surface area contributed by atoms with Crippen LogP contribution in [0.15, 0.2) is 46.9 Å². The highest BCUT2D eigenvalue weighted by molar-refractivity contribution is 7.89. The number of hydrogen-bond acceptors (Lipinski definition) is 4. The van der Waals surface area contributed by atoms with Gasteiger partial charge in [0.25, 0.3) is 0 Å². The van der Waals surface area contributed by atoms with Gasteiger partial charge in [-0.05, 0) is 47.4 Å². The Labute approximate surface area is 161 Å². The summed E-state index contributed by atoms with van der Waals surface area (Å²) in [6, 6.07) is 9.28. The molecule has 2 aromatic carbocycles. The molecule has 27 heavy (non-hydrogen) atoms. The molecule has 138 valence electrons. The van der Waals surface area contributed by atoms with Gasteiger partial charge in [-0.2, -0.15) is 0 Å². The first kappa shape index (κ1) is 17.9. The van der Waals surface area contributed by atoms with Crippen LogP contribution in [-0.4, -0.2) is 26.7 Å². The van der Waals surface area contributed by atoms with Gasteiger partial charge in [-0.25, -0.2) is 13.6 Å². The lowest BCUT2D eigenvalue weighted by Crippen LogP contribution is -2.30. The van der Waals surface area contributed by atoms with Gasteiger partial charge in [-0.15, -0.1) is 0 Å². The zero-order valence-corrected chi connectivity index (χ0v) is 15.7. The van der Waals surface area contributed by atoms with Crippen LogP contribution in [0.1, 0.15) is 33.5 Å². The minimum absolute atomic E-state index is 0.0362. The molecule has 1 heterocycles. The molecule has 0 bridgehead atoms. The maximum atomic E-state index is 12.8. The minimum atomic E-state index is -4.04. The van der Waals surface area contributed by atoms with Crippen LogP contribution in [0.4, 0.5) is 0 Å². The van der Waals surface area contributed by atoms with Crippen molar-refractivity contribution in [3.05, 3.63) is 69.2 Å². The zero-order valence-electron chi connectivity index (χ0n) is 14.1. The van der Waals surface area contributed by atoms with Crippen molar-refractivity contribution >= 4 is 38.9 Å². The smallest absolute Gasteiger partial charge is 0.247 e. The second kappa shape index (κ2) is 6.30. The summed E-state index contributed by atoms with van der Waals surface area (Å²) in [7, 11) is -4.04.